The molecule has 1 aromatic heterocycles. The monoisotopic (exact) mass is 215 g/mol. The number of hydrogen-bond donors (Lipinski definition) is 0. The van der Waals surface area contributed by atoms with E-state index in [-0.39, 0.29) is 23.5 Å². The Bertz CT molecular complexity index is 515. The van der Waals surface area contributed by atoms with E-state index in [0.717, 1.165) is 5.69 Å². The molecule has 0 saturated carbocycles. The summed E-state index contributed by atoms with van der Waals surface area (Å²) in [6, 6.07) is 7.19. The van der Waals surface area contributed by atoms with Gasteiger partial charge < -0.3 is 4.57 Å². The lowest BCUT2D eigenvalue weighted by Crippen LogP contribution is -2.26. The van der Waals surface area contributed by atoms with Crippen LogP contribution in [0.4, 0.5) is 0 Å². The van der Waals surface area contributed by atoms with E-state index in [4.69, 9.17) is 10.5 Å². The second-order valence-corrected chi connectivity index (χ2v) is 3.80. The first-order valence-corrected chi connectivity index (χ1v) is 5.12. The third-order valence-electron chi connectivity index (χ3n) is 2.37. The highest BCUT2D eigenvalue weighted by Gasteiger charge is 2.10. The van der Waals surface area contributed by atoms with Crippen LogP contribution in [0.5, 0.6) is 0 Å². The second-order valence-electron chi connectivity index (χ2n) is 3.80. The summed E-state index contributed by atoms with van der Waals surface area (Å²) in [7, 11) is 0. The zero-order valence-electron chi connectivity index (χ0n) is 9.40. The maximum atomic E-state index is 11.9. The van der Waals surface area contributed by atoms with Gasteiger partial charge in [0.2, 0.25) is 0 Å². The Morgan fingerprint density at radius 1 is 1.38 bits per heavy atom. The van der Waals surface area contributed by atoms with Crippen LogP contribution in [0.15, 0.2) is 16.9 Å². The van der Waals surface area contributed by atoms with E-state index < -0.39 is 0 Å². The molecule has 1 aromatic rings. The topological polar surface area (TPSA) is 69.6 Å². The Labute approximate surface area is 94.4 Å². The van der Waals surface area contributed by atoms with Crippen molar-refractivity contribution in [3.8, 4) is 12.1 Å². The predicted molar refractivity (Wildman–Crippen MR) is 59.7 cm³/mol. The average molecular weight is 215 g/mol. The van der Waals surface area contributed by atoms with Gasteiger partial charge in [-0.15, -0.1) is 0 Å². The second kappa shape index (κ2) is 5.14. The Kier molecular flexibility index (Phi) is 3.85. The van der Waals surface area contributed by atoms with E-state index in [0.29, 0.717) is 6.54 Å². The minimum absolute atomic E-state index is 0.127. The van der Waals surface area contributed by atoms with Crippen LogP contribution in [-0.2, 0) is 6.54 Å². The molecule has 1 rings (SSSR count). The van der Waals surface area contributed by atoms with Crippen molar-refractivity contribution in [3.63, 3.8) is 0 Å². The summed E-state index contributed by atoms with van der Waals surface area (Å²) in [5.74, 6) is 0.194. The molecule has 1 heterocycles. The summed E-state index contributed by atoms with van der Waals surface area (Å²) < 4.78 is 1.52. The zero-order valence-corrected chi connectivity index (χ0v) is 9.40. The van der Waals surface area contributed by atoms with Crippen LogP contribution in [0.2, 0.25) is 0 Å². The molecule has 4 nitrogen and oxygen atoms in total. The third-order valence-corrected chi connectivity index (χ3v) is 2.37. The fourth-order valence-corrected chi connectivity index (χ4v) is 1.57. The Morgan fingerprint density at radius 2 is 2.06 bits per heavy atom. The van der Waals surface area contributed by atoms with Crippen molar-refractivity contribution in [2.75, 3.05) is 0 Å². The average Bonchev–Trinajstić information content (AvgIpc) is 2.26. The molecular formula is C12H13N3O. The van der Waals surface area contributed by atoms with Crippen LogP contribution in [-0.4, -0.2) is 4.57 Å². The predicted octanol–water partition coefficient (Wildman–Crippen LogP) is 1.76. The van der Waals surface area contributed by atoms with Gasteiger partial charge in [-0.25, -0.2) is 0 Å². The molecule has 16 heavy (non-hydrogen) atoms. The number of hydrogen-bond acceptors (Lipinski definition) is 3. The molecule has 0 N–H and O–H groups in total. The lowest BCUT2D eigenvalue weighted by atomic mass is 10.1. The van der Waals surface area contributed by atoms with Gasteiger partial charge in [0, 0.05) is 12.2 Å². The van der Waals surface area contributed by atoms with Gasteiger partial charge in [0.1, 0.15) is 11.6 Å². The SMILES string of the molecule is CC(C)c1ccc(C#N)c(=O)n1CCC#N. The molecule has 0 aliphatic carbocycles. The highest BCUT2D eigenvalue weighted by molar-refractivity contribution is 5.28. The largest absolute Gasteiger partial charge is 0.310 e. The first kappa shape index (κ1) is 12.0. The fraction of sp³-hybridized carbons (Fsp3) is 0.417. The maximum Gasteiger partial charge on any atom is 0.268 e. The zero-order chi connectivity index (χ0) is 12.1. The minimum atomic E-state index is -0.302. The van der Waals surface area contributed by atoms with Gasteiger partial charge in [0.15, 0.2) is 0 Å². The molecule has 0 bridgehead atoms. The van der Waals surface area contributed by atoms with E-state index in [2.05, 4.69) is 0 Å². The summed E-state index contributed by atoms with van der Waals surface area (Å²) in [4.78, 5) is 11.9. The fourth-order valence-electron chi connectivity index (χ4n) is 1.57. The third kappa shape index (κ3) is 2.29. The quantitative estimate of drug-likeness (QED) is 0.771. The van der Waals surface area contributed by atoms with Gasteiger partial charge in [-0.1, -0.05) is 13.8 Å². The van der Waals surface area contributed by atoms with Crippen molar-refractivity contribution in [3.05, 3.63) is 33.7 Å². The van der Waals surface area contributed by atoms with Gasteiger partial charge in [0.25, 0.3) is 5.56 Å². The van der Waals surface area contributed by atoms with Crippen molar-refractivity contribution >= 4 is 0 Å². The van der Waals surface area contributed by atoms with Crippen molar-refractivity contribution in [2.24, 2.45) is 0 Å². The van der Waals surface area contributed by atoms with Crippen molar-refractivity contribution in [1.82, 2.24) is 4.57 Å². The molecule has 82 valence electrons. The standard InChI is InChI=1S/C12H13N3O/c1-9(2)11-5-4-10(8-14)12(16)15(11)7-3-6-13/h4-5,9H,3,7H2,1-2H3. The van der Waals surface area contributed by atoms with Gasteiger partial charge in [-0.05, 0) is 18.1 Å². The van der Waals surface area contributed by atoms with Gasteiger partial charge >= 0.3 is 0 Å². The molecule has 0 aliphatic rings. The van der Waals surface area contributed by atoms with Gasteiger partial charge in [0.05, 0.1) is 12.5 Å². The maximum absolute atomic E-state index is 11.9. The first-order valence-electron chi connectivity index (χ1n) is 5.12. The van der Waals surface area contributed by atoms with Crippen LogP contribution in [0.25, 0.3) is 0 Å². The normalized spacial score (nSPS) is 9.81. The van der Waals surface area contributed by atoms with Gasteiger partial charge in [-0.2, -0.15) is 10.5 Å². The Balaban J connectivity index is 3.34. The molecule has 0 radical (unpaired) electrons. The molecule has 0 aliphatic heterocycles. The number of pyridine rings is 1. The lowest BCUT2D eigenvalue weighted by Gasteiger charge is -2.14. The van der Waals surface area contributed by atoms with E-state index >= 15 is 0 Å². The first-order chi connectivity index (χ1) is 7.61. The van der Waals surface area contributed by atoms with Crippen molar-refractivity contribution in [1.29, 1.82) is 10.5 Å². The molecule has 0 atom stereocenters. The van der Waals surface area contributed by atoms with E-state index in [9.17, 15) is 4.79 Å². The number of nitrogens with zero attached hydrogens (tertiary/aromatic N) is 3. The summed E-state index contributed by atoms with van der Waals surface area (Å²) >= 11 is 0. The Hall–Kier alpha value is -2.07. The molecule has 0 amide bonds. The van der Waals surface area contributed by atoms with Crippen molar-refractivity contribution < 1.29 is 0 Å². The van der Waals surface area contributed by atoms with E-state index in [1.165, 1.54) is 4.57 Å². The highest BCUT2D eigenvalue weighted by Crippen LogP contribution is 2.13. The number of rotatable bonds is 3. The highest BCUT2D eigenvalue weighted by atomic mass is 16.1. The van der Waals surface area contributed by atoms with Gasteiger partial charge in [-0.3, -0.25) is 4.79 Å². The summed E-state index contributed by atoms with van der Waals surface area (Å²) in [5, 5.41) is 17.3. The molecular weight excluding hydrogens is 202 g/mol. The van der Waals surface area contributed by atoms with E-state index in [1.807, 2.05) is 26.0 Å². The molecule has 0 aromatic carbocycles. The molecule has 0 spiro atoms. The molecule has 0 saturated heterocycles. The smallest absolute Gasteiger partial charge is 0.268 e. The summed E-state index contributed by atoms with van der Waals surface area (Å²) in [5.41, 5.74) is 0.686. The minimum Gasteiger partial charge on any atom is -0.310 e. The Morgan fingerprint density at radius 3 is 2.56 bits per heavy atom. The van der Waals surface area contributed by atoms with Crippen LogP contribution in [0, 0.1) is 22.7 Å². The summed E-state index contributed by atoms with van der Waals surface area (Å²) in [6.07, 6.45) is 0.272. The van der Waals surface area contributed by atoms with Crippen LogP contribution >= 0.6 is 0 Å². The van der Waals surface area contributed by atoms with E-state index in [1.54, 1.807) is 12.1 Å². The summed E-state index contributed by atoms with van der Waals surface area (Å²) in [6.45, 7) is 4.30. The number of aromatic nitrogens is 1. The molecule has 0 unspecified atom stereocenters. The van der Waals surface area contributed by atoms with Crippen LogP contribution < -0.4 is 5.56 Å². The lowest BCUT2D eigenvalue weighted by molar-refractivity contribution is 0.614. The van der Waals surface area contributed by atoms with Crippen LogP contribution in [0.3, 0.4) is 0 Å². The van der Waals surface area contributed by atoms with Crippen molar-refractivity contribution in [2.45, 2.75) is 32.7 Å². The molecule has 0 fully saturated rings. The number of nitriles is 2. The molecule has 4 heteroatoms. The van der Waals surface area contributed by atoms with Crippen LogP contribution in [0.1, 0.15) is 37.4 Å².